The van der Waals surface area contributed by atoms with Gasteiger partial charge in [-0.05, 0) is 43.9 Å². The largest absolute Gasteiger partial charge is 0.493 e. The van der Waals surface area contributed by atoms with E-state index in [1.807, 2.05) is 19.1 Å². The van der Waals surface area contributed by atoms with E-state index in [4.69, 9.17) is 9.47 Å². The first kappa shape index (κ1) is 15.6. The first-order valence-electron chi connectivity index (χ1n) is 7.33. The molecule has 1 aromatic carbocycles. The van der Waals surface area contributed by atoms with Gasteiger partial charge in [0.05, 0.1) is 19.8 Å². The van der Waals surface area contributed by atoms with Gasteiger partial charge in [-0.15, -0.1) is 0 Å². The lowest BCUT2D eigenvalue weighted by molar-refractivity contribution is -0.138. The molecule has 1 N–H and O–H groups in total. The fourth-order valence-corrected chi connectivity index (χ4v) is 2.64. The van der Waals surface area contributed by atoms with Gasteiger partial charge < -0.3 is 19.5 Å². The standard InChI is InChI=1S/C16H23NO4/c1-12-6-7-14(15(9-12)20-2)21-11-16(19)17-8-4-3-5-13(17)10-18/h6-7,9,13,18H,3-5,8,10-11H2,1-2H3. The van der Waals surface area contributed by atoms with Crippen LogP contribution in [0.2, 0.25) is 0 Å². The monoisotopic (exact) mass is 293 g/mol. The molecule has 0 aliphatic carbocycles. The number of nitrogens with zero attached hydrogens (tertiary/aromatic N) is 1. The number of methoxy groups -OCH3 is 1. The second-order valence-corrected chi connectivity index (χ2v) is 5.36. The number of aliphatic hydroxyl groups is 1. The van der Waals surface area contributed by atoms with Crippen LogP contribution in [0.3, 0.4) is 0 Å². The molecule has 5 heteroatoms. The fourth-order valence-electron chi connectivity index (χ4n) is 2.64. The van der Waals surface area contributed by atoms with Crippen molar-refractivity contribution in [1.82, 2.24) is 4.90 Å². The molecule has 0 spiro atoms. The van der Waals surface area contributed by atoms with Gasteiger partial charge in [0.1, 0.15) is 0 Å². The summed E-state index contributed by atoms with van der Waals surface area (Å²) in [7, 11) is 1.58. The van der Waals surface area contributed by atoms with Crippen molar-refractivity contribution in [2.45, 2.75) is 32.2 Å². The van der Waals surface area contributed by atoms with Crippen molar-refractivity contribution < 1.29 is 19.4 Å². The van der Waals surface area contributed by atoms with Gasteiger partial charge in [0.25, 0.3) is 5.91 Å². The summed E-state index contributed by atoms with van der Waals surface area (Å²) in [4.78, 5) is 14.0. The lowest BCUT2D eigenvalue weighted by Crippen LogP contribution is -2.47. The highest BCUT2D eigenvalue weighted by Crippen LogP contribution is 2.28. The topological polar surface area (TPSA) is 59.0 Å². The SMILES string of the molecule is COc1cc(C)ccc1OCC(=O)N1CCCCC1CO. The van der Waals surface area contributed by atoms with Crippen molar-refractivity contribution in [2.24, 2.45) is 0 Å². The van der Waals surface area contributed by atoms with Crippen molar-refractivity contribution in [3.8, 4) is 11.5 Å². The lowest BCUT2D eigenvalue weighted by atomic mass is 10.0. The van der Waals surface area contributed by atoms with Gasteiger partial charge in [-0.3, -0.25) is 4.79 Å². The van der Waals surface area contributed by atoms with Crippen LogP contribution in [-0.4, -0.2) is 48.8 Å². The molecule has 1 unspecified atom stereocenters. The van der Waals surface area contributed by atoms with Crippen molar-refractivity contribution >= 4 is 5.91 Å². The second kappa shape index (κ2) is 7.31. The number of piperidine rings is 1. The number of hydrogen-bond donors (Lipinski definition) is 1. The highest BCUT2D eigenvalue weighted by atomic mass is 16.5. The molecule has 1 aromatic rings. The Morgan fingerprint density at radius 3 is 2.90 bits per heavy atom. The molecule has 1 saturated heterocycles. The molecule has 1 atom stereocenters. The maximum atomic E-state index is 12.3. The van der Waals surface area contributed by atoms with Crippen molar-refractivity contribution in [1.29, 1.82) is 0 Å². The van der Waals surface area contributed by atoms with E-state index in [0.717, 1.165) is 24.8 Å². The highest BCUT2D eigenvalue weighted by Gasteiger charge is 2.26. The van der Waals surface area contributed by atoms with E-state index in [1.165, 1.54) is 0 Å². The van der Waals surface area contributed by atoms with E-state index in [9.17, 15) is 9.90 Å². The maximum Gasteiger partial charge on any atom is 0.260 e. The molecule has 1 fully saturated rings. The Hall–Kier alpha value is -1.75. The number of rotatable bonds is 5. The smallest absolute Gasteiger partial charge is 0.260 e. The third kappa shape index (κ3) is 3.88. The third-order valence-electron chi connectivity index (χ3n) is 3.83. The van der Waals surface area contributed by atoms with Gasteiger partial charge in [-0.2, -0.15) is 0 Å². The van der Waals surface area contributed by atoms with Crippen molar-refractivity contribution in [2.75, 3.05) is 26.9 Å². The fraction of sp³-hybridized carbons (Fsp3) is 0.562. The van der Waals surface area contributed by atoms with E-state index in [2.05, 4.69) is 0 Å². The predicted octanol–water partition coefficient (Wildman–Crippen LogP) is 1.76. The molecular formula is C16H23NO4. The summed E-state index contributed by atoms with van der Waals surface area (Å²) in [6.07, 6.45) is 2.90. The summed E-state index contributed by atoms with van der Waals surface area (Å²) < 4.78 is 10.8. The number of benzene rings is 1. The first-order valence-corrected chi connectivity index (χ1v) is 7.33. The molecule has 5 nitrogen and oxygen atoms in total. The molecule has 0 aromatic heterocycles. The Kier molecular flexibility index (Phi) is 5.44. The maximum absolute atomic E-state index is 12.3. The van der Waals surface area contributed by atoms with Crippen molar-refractivity contribution in [3.63, 3.8) is 0 Å². The molecule has 1 heterocycles. The summed E-state index contributed by atoms with van der Waals surface area (Å²) in [5, 5.41) is 9.35. The molecule has 1 amide bonds. The molecule has 1 aliphatic rings. The minimum Gasteiger partial charge on any atom is -0.493 e. The minimum atomic E-state index is -0.0867. The number of carbonyl (C=O) groups excluding carboxylic acids is 1. The zero-order chi connectivity index (χ0) is 15.2. The second-order valence-electron chi connectivity index (χ2n) is 5.36. The van der Waals surface area contributed by atoms with E-state index in [0.29, 0.717) is 18.0 Å². The molecular weight excluding hydrogens is 270 g/mol. The Balaban J connectivity index is 1.97. The molecule has 116 valence electrons. The van der Waals surface area contributed by atoms with Crippen LogP contribution in [0.15, 0.2) is 18.2 Å². The van der Waals surface area contributed by atoms with Gasteiger partial charge >= 0.3 is 0 Å². The van der Waals surface area contributed by atoms with Gasteiger partial charge in [0, 0.05) is 6.54 Å². The summed E-state index contributed by atoms with van der Waals surface area (Å²) in [6.45, 7) is 2.64. The summed E-state index contributed by atoms with van der Waals surface area (Å²) in [6, 6.07) is 5.52. The summed E-state index contributed by atoms with van der Waals surface area (Å²) in [5.41, 5.74) is 1.07. The lowest BCUT2D eigenvalue weighted by Gasteiger charge is -2.34. The van der Waals surface area contributed by atoms with Crippen LogP contribution < -0.4 is 9.47 Å². The number of hydrogen-bond acceptors (Lipinski definition) is 4. The average molecular weight is 293 g/mol. The third-order valence-corrected chi connectivity index (χ3v) is 3.83. The average Bonchev–Trinajstić information content (AvgIpc) is 2.53. The quantitative estimate of drug-likeness (QED) is 0.898. The van der Waals surface area contributed by atoms with Crippen LogP contribution in [-0.2, 0) is 4.79 Å². The van der Waals surface area contributed by atoms with E-state index in [1.54, 1.807) is 18.1 Å². The van der Waals surface area contributed by atoms with Crippen LogP contribution in [0.1, 0.15) is 24.8 Å². The Bertz CT molecular complexity index is 489. The van der Waals surface area contributed by atoms with Gasteiger partial charge in [0.15, 0.2) is 18.1 Å². The minimum absolute atomic E-state index is 0.0135. The van der Waals surface area contributed by atoms with Crippen LogP contribution >= 0.6 is 0 Å². The van der Waals surface area contributed by atoms with Crippen LogP contribution in [0.4, 0.5) is 0 Å². The van der Waals surface area contributed by atoms with Crippen LogP contribution in [0, 0.1) is 6.92 Å². The number of carbonyl (C=O) groups is 1. The Morgan fingerprint density at radius 1 is 1.38 bits per heavy atom. The van der Waals surface area contributed by atoms with Crippen LogP contribution in [0.5, 0.6) is 11.5 Å². The number of likely N-dealkylation sites (tertiary alicyclic amines) is 1. The molecule has 2 rings (SSSR count). The molecule has 1 aliphatic heterocycles. The highest BCUT2D eigenvalue weighted by molar-refractivity contribution is 5.78. The van der Waals surface area contributed by atoms with E-state index >= 15 is 0 Å². The van der Waals surface area contributed by atoms with Crippen molar-refractivity contribution in [3.05, 3.63) is 23.8 Å². The number of amides is 1. The van der Waals surface area contributed by atoms with Gasteiger partial charge in [-0.25, -0.2) is 0 Å². The Morgan fingerprint density at radius 2 is 2.19 bits per heavy atom. The zero-order valence-electron chi connectivity index (χ0n) is 12.7. The predicted molar refractivity (Wildman–Crippen MR) is 79.7 cm³/mol. The van der Waals surface area contributed by atoms with E-state index in [-0.39, 0.29) is 25.2 Å². The molecule has 0 saturated carbocycles. The number of aliphatic hydroxyl groups excluding tert-OH is 1. The molecule has 0 radical (unpaired) electrons. The van der Waals surface area contributed by atoms with Gasteiger partial charge in [-0.1, -0.05) is 6.07 Å². The first-order chi connectivity index (χ1) is 10.2. The summed E-state index contributed by atoms with van der Waals surface area (Å²) in [5.74, 6) is 1.10. The molecule has 21 heavy (non-hydrogen) atoms. The van der Waals surface area contributed by atoms with Gasteiger partial charge in [0.2, 0.25) is 0 Å². The number of aryl methyl sites for hydroxylation is 1. The molecule has 0 bridgehead atoms. The Labute approximate surface area is 125 Å². The van der Waals surface area contributed by atoms with E-state index < -0.39 is 0 Å². The zero-order valence-corrected chi connectivity index (χ0v) is 12.7. The number of ether oxygens (including phenoxy) is 2. The normalized spacial score (nSPS) is 18.4. The summed E-state index contributed by atoms with van der Waals surface area (Å²) >= 11 is 0. The van der Waals surface area contributed by atoms with Crippen LogP contribution in [0.25, 0.3) is 0 Å².